The molecular weight excluding hydrogens is 260 g/mol. The minimum atomic E-state index is 0.334. The van der Waals surface area contributed by atoms with Gasteiger partial charge in [-0.2, -0.15) is 0 Å². The SMILES string of the molecule is CCCNC(c1ccccc1)C(C)CN1CCC(CO)C1. The fourth-order valence-electron chi connectivity index (χ4n) is 3.35. The first kappa shape index (κ1) is 16.5. The van der Waals surface area contributed by atoms with E-state index in [-0.39, 0.29) is 0 Å². The second-order valence-corrected chi connectivity index (χ2v) is 6.42. The number of nitrogens with one attached hydrogen (secondary N) is 1. The van der Waals surface area contributed by atoms with Crippen molar-refractivity contribution in [3.8, 4) is 0 Å². The molecule has 1 heterocycles. The highest BCUT2D eigenvalue weighted by Gasteiger charge is 2.26. The number of hydrogen-bond donors (Lipinski definition) is 2. The number of benzene rings is 1. The van der Waals surface area contributed by atoms with E-state index in [0.29, 0.717) is 24.5 Å². The van der Waals surface area contributed by atoms with Crippen LogP contribution in [0.3, 0.4) is 0 Å². The summed E-state index contributed by atoms with van der Waals surface area (Å²) < 4.78 is 0. The number of aliphatic hydroxyl groups is 1. The van der Waals surface area contributed by atoms with Crippen LogP contribution >= 0.6 is 0 Å². The van der Waals surface area contributed by atoms with Crippen molar-refractivity contribution in [1.29, 1.82) is 0 Å². The maximum Gasteiger partial charge on any atom is 0.0471 e. The van der Waals surface area contributed by atoms with Gasteiger partial charge in [-0.25, -0.2) is 0 Å². The van der Waals surface area contributed by atoms with Crippen LogP contribution in [0.4, 0.5) is 0 Å². The number of hydrogen-bond acceptors (Lipinski definition) is 3. The Morgan fingerprint density at radius 2 is 2.10 bits per heavy atom. The Kier molecular flexibility index (Phi) is 6.68. The molecule has 0 bridgehead atoms. The lowest BCUT2D eigenvalue weighted by Gasteiger charge is -2.29. The molecule has 0 spiro atoms. The smallest absolute Gasteiger partial charge is 0.0471 e. The zero-order valence-electron chi connectivity index (χ0n) is 13.5. The number of rotatable bonds is 8. The summed E-state index contributed by atoms with van der Waals surface area (Å²) in [6, 6.07) is 11.2. The van der Waals surface area contributed by atoms with Crippen LogP contribution in [0.5, 0.6) is 0 Å². The average molecular weight is 290 g/mol. The van der Waals surface area contributed by atoms with Gasteiger partial charge in [0.05, 0.1) is 0 Å². The molecule has 2 rings (SSSR count). The first-order valence-corrected chi connectivity index (χ1v) is 8.36. The molecule has 3 heteroatoms. The Hall–Kier alpha value is -0.900. The van der Waals surface area contributed by atoms with Crippen LogP contribution in [0.15, 0.2) is 30.3 Å². The van der Waals surface area contributed by atoms with Crippen molar-refractivity contribution in [2.45, 2.75) is 32.7 Å². The molecule has 1 fully saturated rings. The van der Waals surface area contributed by atoms with Gasteiger partial charge in [0.2, 0.25) is 0 Å². The van der Waals surface area contributed by atoms with Crippen molar-refractivity contribution in [3.05, 3.63) is 35.9 Å². The quantitative estimate of drug-likeness (QED) is 0.772. The molecule has 21 heavy (non-hydrogen) atoms. The Labute approximate surface area is 129 Å². The maximum absolute atomic E-state index is 9.28. The predicted octanol–water partition coefficient (Wildman–Crippen LogP) is 2.68. The summed E-state index contributed by atoms with van der Waals surface area (Å²) in [5.41, 5.74) is 1.39. The van der Waals surface area contributed by atoms with E-state index >= 15 is 0 Å². The summed E-state index contributed by atoms with van der Waals surface area (Å²) in [4.78, 5) is 2.51. The highest BCUT2D eigenvalue weighted by molar-refractivity contribution is 5.19. The Morgan fingerprint density at radius 3 is 2.71 bits per heavy atom. The number of aliphatic hydroxyl groups excluding tert-OH is 1. The molecule has 1 aromatic rings. The van der Waals surface area contributed by atoms with Gasteiger partial charge in [-0.1, -0.05) is 44.2 Å². The molecule has 0 saturated carbocycles. The van der Waals surface area contributed by atoms with Crippen molar-refractivity contribution in [1.82, 2.24) is 10.2 Å². The monoisotopic (exact) mass is 290 g/mol. The molecule has 1 saturated heterocycles. The van der Waals surface area contributed by atoms with E-state index in [9.17, 15) is 5.11 Å². The van der Waals surface area contributed by atoms with Crippen LogP contribution in [-0.4, -0.2) is 42.8 Å². The third-order valence-electron chi connectivity index (χ3n) is 4.52. The molecule has 1 aromatic carbocycles. The highest BCUT2D eigenvalue weighted by Crippen LogP contribution is 2.25. The van der Waals surface area contributed by atoms with Crippen LogP contribution in [0.2, 0.25) is 0 Å². The minimum absolute atomic E-state index is 0.334. The third-order valence-corrected chi connectivity index (χ3v) is 4.52. The van der Waals surface area contributed by atoms with Crippen molar-refractivity contribution in [2.75, 3.05) is 32.8 Å². The van der Waals surface area contributed by atoms with Gasteiger partial charge in [0.1, 0.15) is 0 Å². The van der Waals surface area contributed by atoms with Crippen LogP contribution in [-0.2, 0) is 0 Å². The summed E-state index contributed by atoms with van der Waals surface area (Å²) in [6.07, 6.45) is 2.30. The predicted molar refractivity (Wildman–Crippen MR) is 88.3 cm³/mol. The molecule has 0 radical (unpaired) electrons. The Bertz CT molecular complexity index is 395. The summed E-state index contributed by atoms with van der Waals surface area (Å²) in [6.45, 7) is 9.23. The second kappa shape index (κ2) is 8.52. The highest BCUT2D eigenvalue weighted by atomic mass is 16.3. The van der Waals surface area contributed by atoms with Crippen LogP contribution in [0, 0.1) is 11.8 Å². The molecular formula is C18H30N2O. The second-order valence-electron chi connectivity index (χ2n) is 6.42. The molecule has 2 N–H and O–H groups in total. The van der Waals surface area contributed by atoms with Gasteiger partial charge in [0, 0.05) is 25.7 Å². The van der Waals surface area contributed by atoms with Gasteiger partial charge in [0.15, 0.2) is 0 Å². The van der Waals surface area contributed by atoms with Crippen LogP contribution in [0.25, 0.3) is 0 Å². The zero-order chi connectivity index (χ0) is 15.1. The first-order valence-electron chi connectivity index (χ1n) is 8.36. The van der Waals surface area contributed by atoms with E-state index < -0.39 is 0 Å². The lowest BCUT2D eigenvalue weighted by molar-refractivity contribution is 0.205. The van der Waals surface area contributed by atoms with E-state index in [1.54, 1.807) is 0 Å². The standard InChI is InChI=1S/C18H30N2O/c1-3-10-19-18(17-7-5-4-6-8-17)15(2)12-20-11-9-16(13-20)14-21/h4-8,15-16,18-19,21H,3,9-14H2,1-2H3. The molecule has 1 aliphatic rings. The van der Waals surface area contributed by atoms with E-state index in [1.165, 1.54) is 5.56 Å². The molecule has 0 amide bonds. The largest absolute Gasteiger partial charge is 0.396 e. The maximum atomic E-state index is 9.28. The fourth-order valence-corrected chi connectivity index (χ4v) is 3.35. The molecule has 0 aromatic heterocycles. The average Bonchev–Trinajstić information content (AvgIpc) is 2.96. The van der Waals surface area contributed by atoms with E-state index in [2.05, 4.69) is 54.4 Å². The van der Waals surface area contributed by atoms with Crippen molar-refractivity contribution < 1.29 is 5.11 Å². The van der Waals surface area contributed by atoms with Gasteiger partial charge < -0.3 is 15.3 Å². The first-order chi connectivity index (χ1) is 10.2. The van der Waals surface area contributed by atoms with Gasteiger partial charge in [-0.3, -0.25) is 0 Å². The lowest BCUT2D eigenvalue weighted by atomic mass is 9.94. The number of nitrogens with zero attached hydrogens (tertiary/aromatic N) is 1. The van der Waals surface area contributed by atoms with Gasteiger partial charge in [0.25, 0.3) is 0 Å². The minimum Gasteiger partial charge on any atom is -0.396 e. The van der Waals surface area contributed by atoms with Crippen LogP contribution in [0.1, 0.15) is 38.3 Å². The van der Waals surface area contributed by atoms with Crippen molar-refractivity contribution in [2.24, 2.45) is 11.8 Å². The Balaban J connectivity index is 1.96. The van der Waals surface area contributed by atoms with Crippen molar-refractivity contribution >= 4 is 0 Å². The summed E-state index contributed by atoms with van der Waals surface area (Å²) in [7, 11) is 0. The zero-order valence-corrected chi connectivity index (χ0v) is 13.5. The topological polar surface area (TPSA) is 35.5 Å². The normalized spacial score (nSPS) is 22.3. The molecule has 3 unspecified atom stereocenters. The molecule has 0 aliphatic carbocycles. The van der Waals surface area contributed by atoms with Crippen LogP contribution < -0.4 is 5.32 Å². The lowest BCUT2D eigenvalue weighted by Crippen LogP contribution is -2.35. The van der Waals surface area contributed by atoms with E-state index in [1.807, 2.05) is 0 Å². The number of likely N-dealkylation sites (tertiary alicyclic amines) is 1. The van der Waals surface area contributed by atoms with Gasteiger partial charge in [-0.15, -0.1) is 0 Å². The van der Waals surface area contributed by atoms with Gasteiger partial charge in [-0.05, 0) is 43.3 Å². The summed E-state index contributed by atoms with van der Waals surface area (Å²) in [5.74, 6) is 1.05. The molecule has 118 valence electrons. The van der Waals surface area contributed by atoms with Gasteiger partial charge >= 0.3 is 0 Å². The summed E-state index contributed by atoms with van der Waals surface area (Å²) in [5, 5.41) is 13.0. The third kappa shape index (κ3) is 4.80. The summed E-state index contributed by atoms with van der Waals surface area (Å²) >= 11 is 0. The fraction of sp³-hybridized carbons (Fsp3) is 0.667. The van der Waals surface area contributed by atoms with Crippen molar-refractivity contribution in [3.63, 3.8) is 0 Å². The molecule has 3 nitrogen and oxygen atoms in total. The van der Waals surface area contributed by atoms with E-state index in [4.69, 9.17) is 0 Å². The molecule has 3 atom stereocenters. The van der Waals surface area contributed by atoms with E-state index in [0.717, 1.165) is 39.0 Å². The molecule has 1 aliphatic heterocycles. The Morgan fingerprint density at radius 1 is 1.33 bits per heavy atom.